The fraction of sp³-hybridized carbons (Fsp3) is 0.273. The molecule has 0 aromatic carbocycles. The molecule has 134 valence electrons. The monoisotopic (exact) mass is 414 g/mol. The van der Waals surface area contributed by atoms with Gasteiger partial charge in [-0.3, -0.25) is 0 Å². The van der Waals surface area contributed by atoms with E-state index >= 15 is 0 Å². The van der Waals surface area contributed by atoms with Crippen LogP contribution in [0, 0.1) is 0 Å². The van der Waals surface area contributed by atoms with Gasteiger partial charge in [0.25, 0.3) is 0 Å². The fourth-order valence-electron chi connectivity index (χ4n) is 3.29. The highest BCUT2D eigenvalue weighted by Crippen LogP contribution is 2.51. The summed E-state index contributed by atoms with van der Waals surface area (Å²) in [5, 5.41) is 6.60. The Labute approximate surface area is 171 Å². The van der Waals surface area contributed by atoms with E-state index in [1.165, 1.54) is 62.7 Å². The fourth-order valence-corrected chi connectivity index (χ4v) is 7.23. The number of thiophene rings is 4. The molecule has 0 fully saturated rings. The van der Waals surface area contributed by atoms with Gasteiger partial charge in [0.15, 0.2) is 0 Å². The van der Waals surface area contributed by atoms with Gasteiger partial charge in [-0.1, -0.05) is 44.4 Å². The first-order chi connectivity index (χ1) is 12.9. The highest BCUT2D eigenvalue weighted by molar-refractivity contribution is 7.23. The maximum Gasteiger partial charge on any atom is 0.0538 e. The molecule has 0 aliphatic rings. The van der Waals surface area contributed by atoms with Gasteiger partial charge in [-0.05, 0) is 47.2 Å². The zero-order chi connectivity index (χ0) is 17.8. The number of hydrogen-bond donors (Lipinski definition) is 0. The minimum Gasteiger partial charge on any atom is -0.144 e. The normalized spacial score (nSPS) is 11.3. The molecule has 4 rings (SSSR count). The summed E-state index contributed by atoms with van der Waals surface area (Å²) in [5.74, 6) is 0. The third-order valence-corrected chi connectivity index (χ3v) is 8.59. The van der Waals surface area contributed by atoms with Gasteiger partial charge < -0.3 is 0 Å². The molecule has 4 aromatic heterocycles. The quantitative estimate of drug-likeness (QED) is 0.252. The van der Waals surface area contributed by atoms with E-state index in [0.717, 1.165) is 0 Å². The lowest BCUT2D eigenvalue weighted by Crippen LogP contribution is -1.86. The third-order valence-electron chi connectivity index (χ3n) is 4.52. The smallest absolute Gasteiger partial charge is 0.0538 e. The van der Waals surface area contributed by atoms with Gasteiger partial charge in [-0.25, -0.2) is 0 Å². The van der Waals surface area contributed by atoms with E-state index in [1.807, 2.05) is 45.3 Å². The van der Waals surface area contributed by atoms with Crippen molar-refractivity contribution in [2.75, 3.05) is 0 Å². The molecule has 0 radical (unpaired) electrons. The molecule has 4 heterocycles. The molecule has 0 bridgehead atoms. The van der Waals surface area contributed by atoms with Crippen molar-refractivity contribution in [3.05, 3.63) is 57.4 Å². The molecule has 0 nitrogen and oxygen atoms in total. The van der Waals surface area contributed by atoms with E-state index in [9.17, 15) is 0 Å². The second-order valence-electron chi connectivity index (χ2n) is 6.35. The second-order valence-corrected chi connectivity index (χ2v) is 10.3. The van der Waals surface area contributed by atoms with Crippen LogP contribution in [0.3, 0.4) is 0 Å². The first kappa shape index (κ1) is 18.2. The van der Waals surface area contributed by atoms with Crippen LogP contribution in [0.15, 0.2) is 52.5 Å². The van der Waals surface area contributed by atoms with Gasteiger partial charge in [-0.15, -0.1) is 45.3 Å². The summed E-state index contributed by atoms with van der Waals surface area (Å²) in [4.78, 5) is 7.23. The van der Waals surface area contributed by atoms with Crippen molar-refractivity contribution < 1.29 is 0 Å². The first-order valence-electron chi connectivity index (χ1n) is 9.15. The summed E-state index contributed by atoms with van der Waals surface area (Å²) in [6.07, 6.45) is 6.46. The van der Waals surface area contributed by atoms with Crippen LogP contribution >= 0.6 is 45.3 Å². The van der Waals surface area contributed by atoms with Crippen LogP contribution in [-0.4, -0.2) is 0 Å². The largest absolute Gasteiger partial charge is 0.144 e. The van der Waals surface area contributed by atoms with Crippen LogP contribution in [0.25, 0.3) is 30.6 Å². The average Bonchev–Trinajstić information content (AvgIpc) is 3.44. The van der Waals surface area contributed by atoms with E-state index < -0.39 is 0 Å². The zero-order valence-electron chi connectivity index (χ0n) is 14.9. The van der Waals surface area contributed by atoms with Gasteiger partial charge in [0, 0.05) is 30.6 Å². The number of hydrogen-bond acceptors (Lipinski definition) is 4. The van der Waals surface area contributed by atoms with Gasteiger partial charge in [0.1, 0.15) is 0 Å². The van der Waals surface area contributed by atoms with Gasteiger partial charge in [0.2, 0.25) is 0 Å². The molecule has 0 N–H and O–H groups in total. The molecular weight excluding hydrogens is 393 g/mol. The summed E-state index contributed by atoms with van der Waals surface area (Å²) in [6, 6.07) is 13.4. The third kappa shape index (κ3) is 3.74. The van der Waals surface area contributed by atoms with E-state index in [0.29, 0.717) is 0 Å². The Balaban J connectivity index is 1.84. The number of rotatable bonds is 8. The molecule has 0 atom stereocenters. The Morgan fingerprint density at radius 2 is 1.31 bits per heavy atom. The highest BCUT2D eigenvalue weighted by atomic mass is 32.1. The SMILES string of the molecule is CCCCCCc1sc(-c2cccs2)c(-c2cccs2)c1-c1cccs1. The summed E-state index contributed by atoms with van der Waals surface area (Å²) in [7, 11) is 0. The van der Waals surface area contributed by atoms with Crippen LogP contribution in [-0.2, 0) is 6.42 Å². The van der Waals surface area contributed by atoms with Crippen molar-refractivity contribution in [2.45, 2.75) is 39.0 Å². The van der Waals surface area contributed by atoms with Crippen LogP contribution in [0.2, 0.25) is 0 Å². The summed E-state index contributed by atoms with van der Waals surface area (Å²) in [5.41, 5.74) is 2.95. The molecule has 4 heteroatoms. The van der Waals surface area contributed by atoms with E-state index in [2.05, 4.69) is 59.5 Å². The predicted molar refractivity (Wildman–Crippen MR) is 122 cm³/mol. The minimum atomic E-state index is 1.20. The maximum absolute atomic E-state index is 2.29. The number of aryl methyl sites for hydroxylation is 1. The van der Waals surface area contributed by atoms with Crippen LogP contribution in [0.4, 0.5) is 0 Å². The molecule has 0 saturated heterocycles. The van der Waals surface area contributed by atoms with Gasteiger partial charge in [-0.2, -0.15) is 0 Å². The molecule has 0 aliphatic carbocycles. The maximum atomic E-state index is 2.29. The Kier molecular flexibility index (Phi) is 6.05. The Bertz CT molecular complexity index is 910. The summed E-state index contributed by atoms with van der Waals surface area (Å²) < 4.78 is 0. The summed E-state index contributed by atoms with van der Waals surface area (Å²) in [6.45, 7) is 2.28. The van der Waals surface area contributed by atoms with E-state index in [4.69, 9.17) is 0 Å². The van der Waals surface area contributed by atoms with Gasteiger partial charge >= 0.3 is 0 Å². The zero-order valence-corrected chi connectivity index (χ0v) is 18.1. The second kappa shape index (κ2) is 8.66. The molecule has 4 aromatic rings. The van der Waals surface area contributed by atoms with Crippen molar-refractivity contribution in [1.29, 1.82) is 0 Å². The molecule has 0 aliphatic heterocycles. The minimum absolute atomic E-state index is 1.20. The molecular formula is C22H22S4. The molecule has 0 spiro atoms. The lowest BCUT2D eigenvalue weighted by molar-refractivity contribution is 0.670. The highest BCUT2D eigenvalue weighted by Gasteiger charge is 2.23. The molecule has 0 unspecified atom stereocenters. The average molecular weight is 415 g/mol. The van der Waals surface area contributed by atoms with E-state index in [1.54, 1.807) is 4.88 Å². The van der Waals surface area contributed by atoms with E-state index in [-0.39, 0.29) is 0 Å². The van der Waals surface area contributed by atoms with Crippen LogP contribution in [0.1, 0.15) is 37.5 Å². The molecule has 0 saturated carbocycles. The van der Waals surface area contributed by atoms with Crippen molar-refractivity contribution in [3.63, 3.8) is 0 Å². The summed E-state index contributed by atoms with van der Waals surface area (Å²) >= 11 is 7.61. The Morgan fingerprint density at radius 1 is 0.692 bits per heavy atom. The first-order valence-corrected chi connectivity index (χ1v) is 12.6. The number of unbranched alkanes of at least 4 members (excludes halogenated alkanes) is 3. The van der Waals surface area contributed by atoms with Crippen molar-refractivity contribution in [1.82, 2.24) is 0 Å². The van der Waals surface area contributed by atoms with Crippen molar-refractivity contribution in [3.8, 4) is 30.6 Å². The predicted octanol–water partition coefficient (Wildman–Crippen LogP) is 9.06. The molecule has 0 amide bonds. The lowest BCUT2D eigenvalue weighted by Gasteiger charge is -2.06. The lowest BCUT2D eigenvalue weighted by atomic mass is 10.0. The van der Waals surface area contributed by atoms with Crippen molar-refractivity contribution >= 4 is 45.3 Å². The molecule has 26 heavy (non-hydrogen) atoms. The van der Waals surface area contributed by atoms with Crippen LogP contribution in [0.5, 0.6) is 0 Å². The van der Waals surface area contributed by atoms with Crippen LogP contribution < -0.4 is 0 Å². The standard InChI is InChI=1S/C22H22S4/c1-2-3-4-5-9-18-20(16-10-6-13-23-16)21(17-11-7-14-24-17)22(26-18)19-12-8-15-25-19/h6-8,10-15H,2-5,9H2,1H3. The van der Waals surface area contributed by atoms with Crippen molar-refractivity contribution in [2.24, 2.45) is 0 Å². The topological polar surface area (TPSA) is 0 Å². The Morgan fingerprint density at radius 3 is 1.88 bits per heavy atom. The Hall–Kier alpha value is -1.20. The van der Waals surface area contributed by atoms with Gasteiger partial charge in [0.05, 0.1) is 4.88 Å².